The summed E-state index contributed by atoms with van der Waals surface area (Å²) in [5, 5.41) is 10.7. The number of aromatic amines is 1. The van der Waals surface area contributed by atoms with Crippen molar-refractivity contribution in [3.05, 3.63) is 36.0 Å². The molecule has 1 heterocycles. The number of rotatable bonds is 6. The fourth-order valence-electron chi connectivity index (χ4n) is 2.37. The molecule has 2 rings (SSSR count). The molecular formula is C18H26N4O2S. The maximum atomic E-state index is 11.5. The second-order valence-corrected chi connectivity index (χ2v) is 7.13. The third-order valence-corrected chi connectivity index (χ3v) is 3.72. The molecule has 0 fully saturated rings. The summed E-state index contributed by atoms with van der Waals surface area (Å²) in [5.74, 6) is 0. The van der Waals surface area contributed by atoms with Crippen LogP contribution in [0.25, 0.3) is 10.9 Å². The normalized spacial score (nSPS) is 11.2. The third-order valence-electron chi connectivity index (χ3n) is 3.43. The van der Waals surface area contributed by atoms with Crippen molar-refractivity contribution < 1.29 is 9.53 Å². The quantitative estimate of drug-likeness (QED) is 0.469. The Labute approximate surface area is 153 Å². The molecule has 2 aromatic rings. The number of para-hydroxylation sites is 1. The predicted octanol–water partition coefficient (Wildman–Crippen LogP) is 2.70. The van der Waals surface area contributed by atoms with Crippen molar-refractivity contribution >= 4 is 34.3 Å². The molecule has 0 unspecified atom stereocenters. The van der Waals surface area contributed by atoms with E-state index in [1.54, 1.807) is 0 Å². The molecule has 0 saturated heterocycles. The largest absolute Gasteiger partial charge is 0.444 e. The Morgan fingerprint density at radius 2 is 1.80 bits per heavy atom. The van der Waals surface area contributed by atoms with E-state index in [1.807, 2.05) is 39.1 Å². The summed E-state index contributed by atoms with van der Waals surface area (Å²) in [7, 11) is 0. The van der Waals surface area contributed by atoms with Crippen LogP contribution in [0.2, 0.25) is 0 Å². The number of alkyl carbamates (subject to hydrolysis) is 1. The number of hydrogen-bond acceptors (Lipinski definition) is 3. The number of carbonyl (C=O) groups excluding carboxylic acids is 1. The first-order valence-corrected chi connectivity index (χ1v) is 8.79. The second kappa shape index (κ2) is 8.71. The SMILES string of the molecule is CC(C)(C)OC(=O)NCCNC(=S)NCCc1c[nH]c2ccccc12. The first-order chi connectivity index (χ1) is 11.8. The van der Waals surface area contributed by atoms with Crippen molar-refractivity contribution in [1.29, 1.82) is 0 Å². The van der Waals surface area contributed by atoms with Crippen molar-refractivity contribution in [3.63, 3.8) is 0 Å². The van der Waals surface area contributed by atoms with Crippen molar-refractivity contribution in [2.75, 3.05) is 19.6 Å². The van der Waals surface area contributed by atoms with Gasteiger partial charge in [0.25, 0.3) is 0 Å². The summed E-state index contributed by atoms with van der Waals surface area (Å²) in [6.45, 7) is 7.22. The number of benzene rings is 1. The Balaban J connectivity index is 1.61. The number of thiocarbonyl (C=S) groups is 1. The molecule has 0 spiro atoms. The highest BCUT2D eigenvalue weighted by Crippen LogP contribution is 2.17. The molecule has 0 radical (unpaired) electrons. The fraction of sp³-hybridized carbons (Fsp3) is 0.444. The molecule has 0 aliphatic carbocycles. The monoisotopic (exact) mass is 362 g/mol. The highest BCUT2D eigenvalue weighted by atomic mass is 32.1. The van der Waals surface area contributed by atoms with Crippen LogP contribution in [0.5, 0.6) is 0 Å². The molecule has 0 aliphatic heterocycles. The first kappa shape index (κ1) is 19.1. The number of carbonyl (C=O) groups is 1. The molecule has 0 saturated carbocycles. The highest BCUT2D eigenvalue weighted by Gasteiger charge is 2.15. The third kappa shape index (κ3) is 6.62. The topological polar surface area (TPSA) is 78.2 Å². The van der Waals surface area contributed by atoms with Crippen LogP contribution in [0.1, 0.15) is 26.3 Å². The van der Waals surface area contributed by atoms with Gasteiger partial charge in [-0.15, -0.1) is 0 Å². The van der Waals surface area contributed by atoms with Gasteiger partial charge in [-0.3, -0.25) is 0 Å². The van der Waals surface area contributed by atoms with Gasteiger partial charge in [0.15, 0.2) is 5.11 Å². The van der Waals surface area contributed by atoms with E-state index >= 15 is 0 Å². The zero-order chi connectivity index (χ0) is 18.3. The van der Waals surface area contributed by atoms with Crippen molar-refractivity contribution in [1.82, 2.24) is 20.9 Å². The number of H-pyrrole nitrogens is 1. The van der Waals surface area contributed by atoms with Crippen LogP contribution in [0.4, 0.5) is 4.79 Å². The van der Waals surface area contributed by atoms with E-state index in [-0.39, 0.29) is 0 Å². The molecule has 1 amide bonds. The van der Waals surface area contributed by atoms with Crippen molar-refractivity contribution in [2.24, 2.45) is 0 Å². The summed E-state index contributed by atoms with van der Waals surface area (Å²) in [4.78, 5) is 14.8. The van der Waals surface area contributed by atoms with E-state index < -0.39 is 11.7 Å². The number of ether oxygens (including phenoxy) is 1. The van der Waals surface area contributed by atoms with Gasteiger partial charge < -0.3 is 25.7 Å². The maximum Gasteiger partial charge on any atom is 0.407 e. The van der Waals surface area contributed by atoms with E-state index in [2.05, 4.69) is 33.1 Å². The Morgan fingerprint density at radius 1 is 1.12 bits per heavy atom. The van der Waals surface area contributed by atoms with Gasteiger partial charge in [-0.25, -0.2) is 4.79 Å². The molecule has 25 heavy (non-hydrogen) atoms. The average Bonchev–Trinajstić information content (AvgIpc) is 2.93. The lowest BCUT2D eigenvalue weighted by Gasteiger charge is -2.19. The summed E-state index contributed by atoms with van der Waals surface area (Å²) in [5.41, 5.74) is 1.92. The molecule has 7 heteroatoms. The van der Waals surface area contributed by atoms with Crippen LogP contribution in [0.3, 0.4) is 0 Å². The van der Waals surface area contributed by atoms with Crippen LogP contribution in [-0.2, 0) is 11.2 Å². The van der Waals surface area contributed by atoms with Crippen LogP contribution >= 0.6 is 12.2 Å². The van der Waals surface area contributed by atoms with Gasteiger partial charge >= 0.3 is 6.09 Å². The molecule has 136 valence electrons. The standard InChI is InChI=1S/C18H26N4O2S/c1-18(2,3)24-17(23)21-11-10-20-16(25)19-9-8-13-12-22-15-7-5-4-6-14(13)15/h4-7,12,22H,8-11H2,1-3H3,(H,21,23)(H2,19,20,25). The molecule has 0 bridgehead atoms. The van der Waals surface area contributed by atoms with Gasteiger partial charge in [-0.05, 0) is 51.0 Å². The lowest BCUT2D eigenvalue weighted by atomic mass is 10.1. The van der Waals surface area contributed by atoms with Gasteiger partial charge in [-0.2, -0.15) is 0 Å². The second-order valence-electron chi connectivity index (χ2n) is 6.72. The number of nitrogens with one attached hydrogen (secondary N) is 4. The van der Waals surface area contributed by atoms with Crippen molar-refractivity contribution in [3.8, 4) is 0 Å². The number of fused-ring (bicyclic) bond motifs is 1. The number of aromatic nitrogens is 1. The van der Waals surface area contributed by atoms with E-state index in [4.69, 9.17) is 17.0 Å². The minimum Gasteiger partial charge on any atom is -0.444 e. The Bertz CT molecular complexity index is 721. The van der Waals surface area contributed by atoms with E-state index in [0.29, 0.717) is 18.2 Å². The smallest absolute Gasteiger partial charge is 0.407 e. The first-order valence-electron chi connectivity index (χ1n) is 8.39. The van der Waals surface area contributed by atoms with Crippen LogP contribution in [-0.4, -0.2) is 41.4 Å². The summed E-state index contributed by atoms with van der Waals surface area (Å²) in [6, 6.07) is 8.23. The lowest BCUT2D eigenvalue weighted by Crippen LogP contribution is -2.41. The molecule has 4 N–H and O–H groups in total. The number of amides is 1. The average molecular weight is 362 g/mol. The van der Waals surface area contributed by atoms with Gasteiger partial charge in [0.2, 0.25) is 0 Å². The van der Waals surface area contributed by atoms with Gasteiger partial charge in [0, 0.05) is 36.7 Å². The molecule has 1 aromatic carbocycles. The van der Waals surface area contributed by atoms with E-state index in [9.17, 15) is 4.79 Å². The summed E-state index contributed by atoms with van der Waals surface area (Å²) >= 11 is 5.24. The van der Waals surface area contributed by atoms with Crippen molar-refractivity contribution in [2.45, 2.75) is 32.8 Å². The Kier molecular flexibility index (Phi) is 6.64. The minimum absolute atomic E-state index is 0.424. The van der Waals surface area contributed by atoms with E-state index in [1.165, 1.54) is 10.9 Å². The lowest BCUT2D eigenvalue weighted by molar-refractivity contribution is 0.0529. The molecule has 1 aromatic heterocycles. The van der Waals surface area contributed by atoms with Crippen LogP contribution in [0, 0.1) is 0 Å². The van der Waals surface area contributed by atoms with E-state index in [0.717, 1.165) is 18.5 Å². The molecule has 0 atom stereocenters. The molecule has 0 aliphatic rings. The van der Waals surface area contributed by atoms with Crippen LogP contribution < -0.4 is 16.0 Å². The zero-order valence-corrected chi connectivity index (χ0v) is 15.8. The van der Waals surface area contributed by atoms with Crippen LogP contribution in [0.15, 0.2) is 30.5 Å². The summed E-state index contributed by atoms with van der Waals surface area (Å²) in [6.07, 6.45) is 2.49. The highest BCUT2D eigenvalue weighted by molar-refractivity contribution is 7.80. The zero-order valence-electron chi connectivity index (χ0n) is 14.9. The fourth-order valence-corrected chi connectivity index (χ4v) is 2.57. The number of hydrogen-bond donors (Lipinski definition) is 4. The predicted molar refractivity (Wildman–Crippen MR) is 105 cm³/mol. The Hall–Kier alpha value is -2.28. The van der Waals surface area contributed by atoms with Gasteiger partial charge in [0.1, 0.15) is 5.60 Å². The summed E-state index contributed by atoms with van der Waals surface area (Å²) < 4.78 is 5.16. The van der Waals surface area contributed by atoms with Gasteiger partial charge in [0.05, 0.1) is 0 Å². The Morgan fingerprint density at radius 3 is 2.56 bits per heavy atom. The molecular weight excluding hydrogens is 336 g/mol. The van der Waals surface area contributed by atoms with Gasteiger partial charge in [-0.1, -0.05) is 18.2 Å². The minimum atomic E-state index is -0.489. The molecule has 6 nitrogen and oxygen atoms in total. The maximum absolute atomic E-state index is 11.5.